The second-order valence-electron chi connectivity index (χ2n) is 11.5. The van der Waals surface area contributed by atoms with Crippen LogP contribution in [0.2, 0.25) is 0 Å². The molecule has 0 fully saturated rings. The lowest BCUT2D eigenvalue weighted by Gasteiger charge is -2.15. The summed E-state index contributed by atoms with van der Waals surface area (Å²) in [4.78, 5) is 5.56. The number of nitrogens with zero attached hydrogens (tertiary/aromatic N) is 1. The molecule has 7 aromatic carbocycles. The Labute approximate surface area is 261 Å². The van der Waals surface area contributed by atoms with Crippen molar-refractivity contribution in [3.8, 4) is 22.5 Å². The van der Waals surface area contributed by atoms with Crippen molar-refractivity contribution in [3.63, 3.8) is 0 Å². The average molecular weight is 594 g/mol. The third-order valence-electron chi connectivity index (χ3n) is 9.06. The van der Waals surface area contributed by atoms with Crippen LogP contribution in [0.3, 0.4) is 0 Å². The van der Waals surface area contributed by atoms with Gasteiger partial charge >= 0.3 is 0 Å². The number of thiophene rings is 2. The van der Waals surface area contributed by atoms with Crippen molar-refractivity contribution in [2.45, 2.75) is 0 Å². The molecule has 0 saturated heterocycles. The van der Waals surface area contributed by atoms with Crippen LogP contribution in [0, 0.1) is 0 Å². The van der Waals surface area contributed by atoms with Crippen LogP contribution in [0.15, 0.2) is 140 Å². The van der Waals surface area contributed by atoms with Gasteiger partial charge in [0.25, 0.3) is 0 Å². The fourth-order valence-electron chi connectivity index (χ4n) is 7.09. The number of pyridine rings is 1. The minimum absolute atomic E-state index is 1.01. The Kier molecular flexibility index (Phi) is 5.10. The van der Waals surface area contributed by atoms with E-state index in [1.165, 1.54) is 83.8 Å². The van der Waals surface area contributed by atoms with Crippen LogP contribution < -0.4 is 0 Å². The molecule has 0 aliphatic rings. The number of hydrogen-bond donors (Lipinski definition) is 0. The lowest BCUT2D eigenvalue weighted by atomic mass is 9.92. The number of rotatable bonds is 2. The molecule has 0 saturated carbocycles. The highest BCUT2D eigenvalue weighted by Crippen LogP contribution is 2.45. The van der Waals surface area contributed by atoms with E-state index in [2.05, 4.69) is 140 Å². The SMILES string of the molecule is c1ccc2c(-c3cccc4c3sc3ccccc34)nc(-c3cc4c(ccc5sc6ccccc6c54)c4ccccc34)cc2c1. The summed E-state index contributed by atoms with van der Waals surface area (Å²) in [5.74, 6) is 0. The smallest absolute Gasteiger partial charge is 0.0802 e. The van der Waals surface area contributed by atoms with Crippen LogP contribution in [-0.2, 0) is 0 Å². The van der Waals surface area contributed by atoms with Crippen LogP contribution in [0.1, 0.15) is 0 Å². The predicted molar refractivity (Wildman–Crippen MR) is 193 cm³/mol. The number of fused-ring (bicyclic) bond motifs is 11. The van der Waals surface area contributed by atoms with Crippen LogP contribution in [0.5, 0.6) is 0 Å². The molecule has 10 aromatic rings. The topological polar surface area (TPSA) is 12.9 Å². The van der Waals surface area contributed by atoms with Gasteiger partial charge in [0.05, 0.1) is 11.4 Å². The van der Waals surface area contributed by atoms with Gasteiger partial charge in [-0.05, 0) is 57.3 Å². The fourth-order valence-corrected chi connectivity index (χ4v) is 9.43. The van der Waals surface area contributed by atoms with Crippen molar-refractivity contribution in [1.82, 2.24) is 4.98 Å². The number of aromatic nitrogens is 1. The van der Waals surface area contributed by atoms with Crippen molar-refractivity contribution < 1.29 is 0 Å². The molecule has 0 atom stereocenters. The summed E-state index contributed by atoms with van der Waals surface area (Å²) in [5, 5.41) is 12.7. The van der Waals surface area contributed by atoms with Crippen molar-refractivity contribution in [3.05, 3.63) is 140 Å². The Morgan fingerprint density at radius 1 is 0.386 bits per heavy atom. The summed E-state index contributed by atoms with van der Waals surface area (Å²) in [6.45, 7) is 0. The van der Waals surface area contributed by atoms with Gasteiger partial charge < -0.3 is 0 Å². The van der Waals surface area contributed by atoms with Gasteiger partial charge in [0.15, 0.2) is 0 Å². The molecule has 3 heterocycles. The Morgan fingerprint density at radius 3 is 1.91 bits per heavy atom. The summed E-state index contributed by atoms with van der Waals surface area (Å²) >= 11 is 3.74. The van der Waals surface area contributed by atoms with E-state index >= 15 is 0 Å². The Balaban J connectivity index is 1.33. The number of hydrogen-bond acceptors (Lipinski definition) is 3. The lowest BCUT2D eigenvalue weighted by Crippen LogP contribution is -1.93. The van der Waals surface area contributed by atoms with Crippen LogP contribution >= 0.6 is 22.7 Å². The van der Waals surface area contributed by atoms with E-state index in [1.54, 1.807) is 0 Å². The molecule has 0 amide bonds. The Bertz CT molecular complexity index is 2780. The molecular formula is C41H23NS2. The van der Waals surface area contributed by atoms with E-state index in [0.717, 1.165) is 11.4 Å². The van der Waals surface area contributed by atoms with Crippen LogP contribution in [0.4, 0.5) is 0 Å². The molecule has 1 nitrogen and oxygen atoms in total. The Hall–Kier alpha value is -5.09. The quantitative estimate of drug-likeness (QED) is 0.182. The highest BCUT2D eigenvalue weighted by molar-refractivity contribution is 7.26. The van der Waals surface area contributed by atoms with E-state index in [0.29, 0.717) is 0 Å². The summed E-state index contributed by atoms with van der Waals surface area (Å²) in [5.41, 5.74) is 4.41. The predicted octanol–water partition coefficient (Wildman–Crippen LogP) is 12.6. The van der Waals surface area contributed by atoms with E-state index in [-0.39, 0.29) is 0 Å². The maximum atomic E-state index is 5.56. The van der Waals surface area contributed by atoms with Crippen molar-refractivity contribution in [2.24, 2.45) is 0 Å². The highest BCUT2D eigenvalue weighted by atomic mass is 32.1. The fraction of sp³-hybridized carbons (Fsp3) is 0. The molecule has 0 radical (unpaired) electrons. The van der Waals surface area contributed by atoms with E-state index in [1.807, 2.05) is 22.7 Å². The molecule has 0 aliphatic carbocycles. The first-order valence-corrected chi connectivity index (χ1v) is 16.5. The molecule has 0 aliphatic heterocycles. The summed E-state index contributed by atoms with van der Waals surface area (Å²) in [6, 6.07) is 51.0. The molecule has 44 heavy (non-hydrogen) atoms. The monoisotopic (exact) mass is 593 g/mol. The summed E-state index contributed by atoms with van der Waals surface area (Å²) in [7, 11) is 0. The summed E-state index contributed by atoms with van der Waals surface area (Å²) < 4.78 is 5.25. The molecule has 3 aromatic heterocycles. The Morgan fingerprint density at radius 2 is 1.05 bits per heavy atom. The average Bonchev–Trinajstić information content (AvgIpc) is 3.66. The summed E-state index contributed by atoms with van der Waals surface area (Å²) in [6.07, 6.45) is 0. The molecule has 3 heteroatoms. The zero-order chi connectivity index (χ0) is 28.8. The zero-order valence-corrected chi connectivity index (χ0v) is 25.2. The van der Waals surface area contributed by atoms with E-state index in [4.69, 9.17) is 4.98 Å². The van der Waals surface area contributed by atoms with E-state index < -0.39 is 0 Å². The normalized spacial score (nSPS) is 12.1. The van der Waals surface area contributed by atoms with Gasteiger partial charge in [-0.25, -0.2) is 4.98 Å². The minimum atomic E-state index is 1.01. The maximum Gasteiger partial charge on any atom is 0.0802 e. The van der Waals surface area contributed by atoms with Crippen LogP contribution in [-0.4, -0.2) is 4.98 Å². The van der Waals surface area contributed by atoms with Gasteiger partial charge in [-0.1, -0.05) is 109 Å². The third kappa shape index (κ3) is 3.42. The van der Waals surface area contributed by atoms with Crippen molar-refractivity contribution >= 4 is 95.3 Å². The standard InChI is InChI=1S/C41H23NS2/c1-2-11-25-24(10-1)22-35(42-40(25)32-17-9-16-30-29-14-5-7-18-36(29)44-41(30)32)33-23-34-28(26-12-3-4-13-27(26)33)20-21-38-39(34)31-15-6-8-19-37(31)43-38/h1-23H. The number of benzene rings is 7. The molecule has 204 valence electrons. The molecule has 0 unspecified atom stereocenters. The van der Waals surface area contributed by atoms with Gasteiger partial charge in [-0.3, -0.25) is 0 Å². The largest absolute Gasteiger partial charge is 0.247 e. The molecule has 0 bridgehead atoms. The van der Waals surface area contributed by atoms with Crippen molar-refractivity contribution in [1.29, 1.82) is 0 Å². The van der Waals surface area contributed by atoms with Gasteiger partial charge in [0, 0.05) is 56.9 Å². The van der Waals surface area contributed by atoms with Gasteiger partial charge in [0.1, 0.15) is 0 Å². The van der Waals surface area contributed by atoms with Crippen molar-refractivity contribution in [2.75, 3.05) is 0 Å². The second kappa shape index (κ2) is 9.20. The molecular weight excluding hydrogens is 571 g/mol. The van der Waals surface area contributed by atoms with Crippen LogP contribution in [0.25, 0.3) is 95.2 Å². The van der Waals surface area contributed by atoms with Gasteiger partial charge in [0.2, 0.25) is 0 Å². The minimum Gasteiger partial charge on any atom is -0.247 e. The first-order chi connectivity index (χ1) is 21.8. The maximum absolute atomic E-state index is 5.56. The van der Waals surface area contributed by atoms with Gasteiger partial charge in [-0.15, -0.1) is 22.7 Å². The highest BCUT2D eigenvalue weighted by Gasteiger charge is 2.18. The van der Waals surface area contributed by atoms with E-state index in [9.17, 15) is 0 Å². The lowest BCUT2D eigenvalue weighted by molar-refractivity contribution is 1.37. The molecule has 0 spiro atoms. The second-order valence-corrected chi connectivity index (χ2v) is 13.6. The van der Waals surface area contributed by atoms with Gasteiger partial charge in [-0.2, -0.15) is 0 Å². The third-order valence-corrected chi connectivity index (χ3v) is 11.4. The first-order valence-electron chi connectivity index (χ1n) is 14.9. The molecule has 0 N–H and O–H groups in total. The molecule has 10 rings (SSSR count). The zero-order valence-electron chi connectivity index (χ0n) is 23.5. The first kappa shape index (κ1) is 24.4.